The van der Waals surface area contributed by atoms with Gasteiger partial charge in [-0.25, -0.2) is 4.68 Å². The number of hydrogen-bond acceptors (Lipinski definition) is 6. The highest BCUT2D eigenvalue weighted by Gasteiger charge is 2.15. The second-order valence-corrected chi connectivity index (χ2v) is 8.77. The van der Waals surface area contributed by atoms with E-state index in [9.17, 15) is 18.3 Å². The molecule has 1 heterocycles. The van der Waals surface area contributed by atoms with Gasteiger partial charge in [-0.05, 0) is 38.1 Å². The smallest absolute Gasteiger partial charge is 0.285 e. The fourth-order valence-corrected chi connectivity index (χ4v) is 4.30. The van der Waals surface area contributed by atoms with E-state index in [1.165, 1.54) is 22.9 Å². The van der Waals surface area contributed by atoms with Crippen LogP contribution in [0.15, 0.2) is 57.8 Å². The summed E-state index contributed by atoms with van der Waals surface area (Å²) in [5, 5.41) is 17.0. The number of para-hydroxylation sites is 2. The Morgan fingerprint density at radius 2 is 1.86 bits per heavy atom. The lowest BCUT2D eigenvalue weighted by molar-refractivity contribution is -0.117. The molecule has 0 aliphatic rings. The Balaban J connectivity index is 1.88. The first-order valence-electron chi connectivity index (χ1n) is 8.25. The van der Waals surface area contributed by atoms with Gasteiger partial charge in [-0.15, -0.1) is 4.40 Å². The highest BCUT2D eigenvalue weighted by atomic mass is 32.2. The van der Waals surface area contributed by atoms with Crippen LogP contribution in [0.2, 0.25) is 0 Å². The van der Waals surface area contributed by atoms with Crippen molar-refractivity contribution in [3.05, 3.63) is 63.9 Å². The fraction of sp³-hybridized carbons (Fsp3) is 0.167. The van der Waals surface area contributed by atoms with Crippen molar-refractivity contribution in [3.63, 3.8) is 0 Å². The van der Waals surface area contributed by atoms with Crippen molar-refractivity contribution < 1.29 is 18.3 Å². The Bertz CT molecular complexity index is 1180. The highest BCUT2D eigenvalue weighted by molar-refractivity contribution is 7.90. The predicted octanol–water partition coefficient (Wildman–Crippen LogP) is 2.20. The molecule has 3 rings (SSSR count). The van der Waals surface area contributed by atoms with Gasteiger partial charge >= 0.3 is 0 Å². The van der Waals surface area contributed by atoms with Crippen LogP contribution in [0.5, 0.6) is 5.75 Å². The van der Waals surface area contributed by atoms with Gasteiger partial charge < -0.3 is 10.4 Å². The number of amides is 1. The number of anilines is 1. The molecule has 0 atom stereocenters. The summed E-state index contributed by atoms with van der Waals surface area (Å²) in [4.78, 5) is 12.5. The summed E-state index contributed by atoms with van der Waals surface area (Å²) >= 11 is 1.07. The molecule has 2 N–H and O–H groups in total. The van der Waals surface area contributed by atoms with Crippen LogP contribution in [0.3, 0.4) is 0 Å². The molecule has 0 radical (unpaired) electrons. The topological polar surface area (TPSA) is 114 Å². The number of carbonyl (C=O) groups excluding carboxylic acids is 1. The van der Waals surface area contributed by atoms with Gasteiger partial charge in [0.05, 0.1) is 10.6 Å². The minimum Gasteiger partial charge on any atom is -0.506 e. The van der Waals surface area contributed by atoms with Gasteiger partial charge in [0, 0.05) is 0 Å². The van der Waals surface area contributed by atoms with Crippen molar-refractivity contribution in [2.24, 2.45) is 4.40 Å². The van der Waals surface area contributed by atoms with Crippen LogP contribution in [0, 0.1) is 13.8 Å². The average molecular weight is 419 g/mol. The van der Waals surface area contributed by atoms with Crippen LogP contribution in [0.1, 0.15) is 10.6 Å². The van der Waals surface area contributed by atoms with Crippen LogP contribution in [0.4, 0.5) is 5.69 Å². The van der Waals surface area contributed by atoms with Gasteiger partial charge in [0.15, 0.2) is 0 Å². The maximum atomic E-state index is 12.6. The van der Waals surface area contributed by atoms with E-state index in [-0.39, 0.29) is 27.7 Å². The molecule has 0 saturated carbocycles. The SMILES string of the molecule is Cc1ccc(S(=O)(=O)N=c2sc(C)nn2CC(=O)Nc2ccccc2O)cc1. The molecule has 0 aliphatic heterocycles. The number of phenols is 1. The van der Waals surface area contributed by atoms with Gasteiger partial charge in [-0.3, -0.25) is 4.79 Å². The lowest BCUT2D eigenvalue weighted by Gasteiger charge is -2.07. The third-order valence-corrected chi connectivity index (χ3v) is 5.97. The summed E-state index contributed by atoms with van der Waals surface area (Å²) in [7, 11) is -3.94. The number of carbonyl (C=O) groups is 1. The Kier molecular flexibility index (Phi) is 5.61. The van der Waals surface area contributed by atoms with Gasteiger partial charge in [0.1, 0.15) is 17.3 Å². The Hall–Kier alpha value is -2.98. The summed E-state index contributed by atoms with van der Waals surface area (Å²) in [6.45, 7) is 3.30. The van der Waals surface area contributed by atoms with E-state index >= 15 is 0 Å². The number of rotatable bonds is 5. The van der Waals surface area contributed by atoms with Crippen molar-refractivity contribution in [2.45, 2.75) is 25.3 Å². The molecule has 0 unspecified atom stereocenters. The quantitative estimate of drug-likeness (QED) is 0.617. The van der Waals surface area contributed by atoms with Crippen LogP contribution in [-0.4, -0.2) is 29.2 Å². The maximum Gasteiger partial charge on any atom is 0.285 e. The average Bonchev–Trinajstić information content (AvgIpc) is 2.95. The van der Waals surface area contributed by atoms with Gasteiger partial charge in [-0.2, -0.15) is 13.5 Å². The summed E-state index contributed by atoms with van der Waals surface area (Å²) in [5.41, 5.74) is 1.19. The molecule has 28 heavy (non-hydrogen) atoms. The second kappa shape index (κ2) is 7.95. The third kappa shape index (κ3) is 4.65. The molecular formula is C18H18N4O4S2. The van der Waals surface area contributed by atoms with E-state index in [0.29, 0.717) is 5.01 Å². The number of phenolic OH excluding ortho intramolecular Hbond substituents is 1. The minimum absolute atomic E-state index is 0.0642. The Morgan fingerprint density at radius 1 is 1.18 bits per heavy atom. The van der Waals surface area contributed by atoms with E-state index in [1.54, 1.807) is 37.3 Å². The number of hydrogen-bond donors (Lipinski definition) is 2. The zero-order chi connectivity index (χ0) is 20.3. The van der Waals surface area contributed by atoms with Crippen LogP contribution in [-0.2, 0) is 21.4 Å². The molecule has 0 saturated heterocycles. The lowest BCUT2D eigenvalue weighted by Crippen LogP contribution is -2.27. The highest BCUT2D eigenvalue weighted by Crippen LogP contribution is 2.21. The monoisotopic (exact) mass is 418 g/mol. The van der Waals surface area contributed by atoms with E-state index < -0.39 is 15.9 Å². The van der Waals surface area contributed by atoms with Gasteiger partial charge in [0.25, 0.3) is 10.0 Å². The van der Waals surface area contributed by atoms with Crippen LogP contribution < -0.4 is 10.1 Å². The zero-order valence-corrected chi connectivity index (χ0v) is 16.8. The van der Waals surface area contributed by atoms with Gasteiger partial charge in [-0.1, -0.05) is 41.2 Å². The molecular weight excluding hydrogens is 400 g/mol. The fourth-order valence-electron chi connectivity index (χ4n) is 2.36. The largest absolute Gasteiger partial charge is 0.506 e. The van der Waals surface area contributed by atoms with Crippen molar-refractivity contribution in [2.75, 3.05) is 5.32 Å². The summed E-state index contributed by atoms with van der Waals surface area (Å²) < 4.78 is 30.2. The molecule has 146 valence electrons. The zero-order valence-electron chi connectivity index (χ0n) is 15.2. The molecule has 0 spiro atoms. The Morgan fingerprint density at radius 3 is 2.54 bits per heavy atom. The second-order valence-electron chi connectivity index (χ2n) is 6.01. The normalized spacial score (nSPS) is 12.1. The molecule has 3 aromatic rings. The van der Waals surface area contributed by atoms with Crippen molar-refractivity contribution in [1.82, 2.24) is 9.78 Å². The molecule has 2 aromatic carbocycles. The number of nitrogens with zero attached hydrogens (tertiary/aromatic N) is 3. The van der Waals surface area contributed by atoms with Gasteiger partial charge in [0.2, 0.25) is 10.7 Å². The van der Waals surface area contributed by atoms with Crippen molar-refractivity contribution in [3.8, 4) is 5.75 Å². The van der Waals surface area contributed by atoms with Crippen LogP contribution >= 0.6 is 11.3 Å². The first-order chi connectivity index (χ1) is 13.2. The molecule has 0 bridgehead atoms. The molecule has 1 aromatic heterocycles. The number of benzene rings is 2. The minimum atomic E-state index is -3.94. The molecule has 1 amide bonds. The number of aryl methyl sites for hydroxylation is 2. The van der Waals surface area contributed by atoms with Crippen molar-refractivity contribution >= 4 is 33.0 Å². The number of aromatic nitrogens is 2. The predicted molar refractivity (Wildman–Crippen MR) is 106 cm³/mol. The molecule has 0 fully saturated rings. The number of aromatic hydroxyl groups is 1. The lowest BCUT2D eigenvalue weighted by atomic mass is 10.2. The first-order valence-corrected chi connectivity index (χ1v) is 10.5. The summed E-state index contributed by atoms with van der Waals surface area (Å²) in [6.07, 6.45) is 0. The summed E-state index contributed by atoms with van der Waals surface area (Å²) in [5.74, 6) is -0.539. The maximum absolute atomic E-state index is 12.6. The number of nitrogens with one attached hydrogen (secondary N) is 1. The van der Waals surface area contributed by atoms with E-state index in [4.69, 9.17) is 0 Å². The van der Waals surface area contributed by atoms with Crippen molar-refractivity contribution in [1.29, 1.82) is 0 Å². The molecule has 8 nitrogen and oxygen atoms in total. The third-order valence-electron chi connectivity index (χ3n) is 3.71. The van der Waals surface area contributed by atoms with Crippen LogP contribution in [0.25, 0.3) is 0 Å². The molecule has 0 aliphatic carbocycles. The standard InChI is InChI=1S/C18H18N4O4S2/c1-12-7-9-14(10-8-12)28(25,26)21-18-22(20-13(2)27-18)11-17(24)19-15-5-3-4-6-16(15)23/h3-10,23H,11H2,1-2H3,(H,19,24). The molecule has 10 heteroatoms. The Labute approximate surface area is 165 Å². The summed E-state index contributed by atoms with van der Waals surface area (Å²) in [6, 6.07) is 12.7. The first kappa shape index (κ1) is 19.8. The van der Waals surface area contributed by atoms with E-state index in [2.05, 4.69) is 14.8 Å². The van der Waals surface area contributed by atoms with E-state index in [1.807, 2.05) is 6.92 Å². The van der Waals surface area contributed by atoms with E-state index in [0.717, 1.165) is 16.9 Å². The number of sulfonamides is 1.